The SMILES string of the molecule is O=C(NC1COC1)C1CN(Cc2ccc(-n3cccn3)cc2)c2ccc(C3CCC[C@H](NC(=O)C4CN(Cc5ccc(-n6cccn6)cc5)c5ccccc5O4)[C@H]3O)cc2O1. The van der Waals surface area contributed by atoms with Crippen LogP contribution in [0.3, 0.4) is 0 Å². The largest absolute Gasteiger partial charge is 0.477 e. The molecule has 0 radical (unpaired) electrons. The number of anilines is 2. The number of fused-ring (bicyclic) bond motifs is 2. The summed E-state index contributed by atoms with van der Waals surface area (Å²) in [6, 6.07) is 33.5. The zero-order valence-corrected chi connectivity index (χ0v) is 33.6. The number of aromatic nitrogens is 4. The standard InChI is InChI=1S/C47H48N8O6/c56-45-37(6-3-7-38(45)51-47(58)44-28-52(39-8-1-2-9-41(39)60-44)25-31-10-15-35(16-11-31)54-22-4-20-48-54)33-14-19-40-42(24-33)61-43(46(57)50-34-29-59-30-34)27-53(40)26-32-12-17-36(18-13-32)55-23-5-21-49-55/h1-2,4-5,8-24,34,37-38,43-45,56H,3,6-7,25-30H2,(H,50,57)(H,51,58)/t37?,38-,43?,44?,45-/m0/s1. The van der Waals surface area contributed by atoms with Crippen LogP contribution in [0.15, 0.2) is 128 Å². The lowest BCUT2D eigenvalue weighted by molar-refractivity contribution is -0.132. The van der Waals surface area contributed by atoms with E-state index in [1.165, 1.54) is 0 Å². The molecule has 4 aromatic carbocycles. The molecule has 10 rings (SSSR count). The average Bonchev–Trinajstić information content (AvgIpc) is 4.02. The summed E-state index contributed by atoms with van der Waals surface area (Å²) < 4.78 is 21.7. The third-order valence-corrected chi connectivity index (χ3v) is 12.2. The molecule has 14 nitrogen and oxygen atoms in total. The topological polar surface area (TPSA) is 148 Å². The van der Waals surface area contributed by atoms with Crippen LogP contribution in [-0.4, -0.2) is 93.2 Å². The molecule has 3 unspecified atom stereocenters. The molecule has 0 bridgehead atoms. The van der Waals surface area contributed by atoms with Gasteiger partial charge in [0.1, 0.15) is 11.5 Å². The molecule has 5 atom stereocenters. The normalized spacial score (nSPS) is 22.2. The Morgan fingerprint density at radius 3 is 1.85 bits per heavy atom. The van der Waals surface area contributed by atoms with E-state index in [2.05, 4.69) is 54.9 Å². The number of carbonyl (C=O) groups excluding carboxylic acids is 2. The Hall–Kier alpha value is -6.64. The summed E-state index contributed by atoms with van der Waals surface area (Å²) >= 11 is 0. The van der Waals surface area contributed by atoms with Gasteiger partial charge in [0.25, 0.3) is 11.8 Å². The van der Waals surface area contributed by atoms with Crippen molar-refractivity contribution in [1.82, 2.24) is 30.2 Å². The zero-order valence-electron chi connectivity index (χ0n) is 33.6. The van der Waals surface area contributed by atoms with E-state index >= 15 is 0 Å². The Balaban J connectivity index is 0.837. The smallest absolute Gasteiger partial charge is 0.263 e. The van der Waals surface area contributed by atoms with Crippen LogP contribution < -0.4 is 29.9 Å². The molecule has 2 fully saturated rings. The Morgan fingerprint density at radius 1 is 0.672 bits per heavy atom. The predicted molar refractivity (Wildman–Crippen MR) is 228 cm³/mol. The molecule has 2 aromatic heterocycles. The molecular formula is C47H48N8O6. The van der Waals surface area contributed by atoms with Gasteiger partial charge in [0.15, 0.2) is 12.2 Å². The Bertz CT molecular complexity index is 2460. The van der Waals surface area contributed by atoms with Crippen molar-refractivity contribution in [2.45, 2.75) is 68.7 Å². The van der Waals surface area contributed by atoms with Gasteiger partial charge in [-0.2, -0.15) is 10.2 Å². The molecule has 3 N–H and O–H groups in total. The van der Waals surface area contributed by atoms with Gasteiger partial charge in [0.05, 0.1) is 67.2 Å². The van der Waals surface area contributed by atoms with Gasteiger partial charge in [0.2, 0.25) is 0 Å². The minimum absolute atomic E-state index is 0.0283. The van der Waals surface area contributed by atoms with Gasteiger partial charge >= 0.3 is 0 Å². The quantitative estimate of drug-likeness (QED) is 0.165. The number of carbonyl (C=O) groups is 2. The highest BCUT2D eigenvalue weighted by Crippen LogP contribution is 2.41. The number of hydrogen-bond acceptors (Lipinski definition) is 10. The summed E-state index contributed by atoms with van der Waals surface area (Å²) in [7, 11) is 0. The molecule has 61 heavy (non-hydrogen) atoms. The number of nitrogens with one attached hydrogen (secondary N) is 2. The average molecular weight is 821 g/mol. The lowest BCUT2D eigenvalue weighted by Gasteiger charge is -2.40. The van der Waals surface area contributed by atoms with Crippen LogP contribution in [0.4, 0.5) is 11.4 Å². The molecule has 5 heterocycles. The highest BCUT2D eigenvalue weighted by Gasteiger charge is 2.39. The lowest BCUT2D eigenvalue weighted by Crippen LogP contribution is -2.56. The van der Waals surface area contributed by atoms with Gasteiger partial charge in [-0.15, -0.1) is 0 Å². The van der Waals surface area contributed by atoms with E-state index in [9.17, 15) is 14.7 Å². The number of rotatable bonds is 11. The molecule has 4 aliphatic rings. The van der Waals surface area contributed by atoms with E-state index in [0.29, 0.717) is 57.3 Å². The molecule has 0 spiro atoms. The molecule has 2 amide bonds. The predicted octanol–water partition coefficient (Wildman–Crippen LogP) is 4.92. The third kappa shape index (κ3) is 8.16. The summed E-state index contributed by atoms with van der Waals surface area (Å²) in [5, 5.41) is 26.8. The Kier molecular flexibility index (Phi) is 10.6. The highest BCUT2D eigenvalue weighted by atomic mass is 16.5. The Labute approximate surface area is 353 Å². The molecule has 312 valence electrons. The zero-order chi connectivity index (χ0) is 41.3. The maximum absolute atomic E-state index is 14.0. The number of ether oxygens (including phenoxy) is 3. The van der Waals surface area contributed by atoms with Gasteiger partial charge < -0.3 is 39.8 Å². The van der Waals surface area contributed by atoms with Crippen molar-refractivity contribution in [1.29, 1.82) is 0 Å². The number of nitrogens with zero attached hydrogens (tertiary/aromatic N) is 6. The van der Waals surface area contributed by atoms with E-state index in [1.807, 2.05) is 101 Å². The molecular weight excluding hydrogens is 773 g/mol. The molecule has 14 heteroatoms. The van der Waals surface area contributed by atoms with Crippen molar-refractivity contribution in [2.75, 3.05) is 36.1 Å². The molecule has 1 aliphatic carbocycles. The van der Waals surface area contributed by atoms with Crippen LogP contribution in [0.25, 0.3) is 11.4 Å². The fraction of sp³-hybridized carbons (Fsp3) is 0.319. The van der Waals surface area contributed by atoms with Crippen LogP contribution in [0.1, 0.15) is 41.9 Å². The van der Waals surface area contributed by atoms with Crippen molar-refractivity contribution in [3.63, 3.8) is 0 Å². The first-order valence-corrected chi connectivity index (χ1v) is 21.0. The van der Waals surface area contributed by atoms with E-state index in [-0.39, 0.29) is 23.8 Å². The fourth-order valence-corrected chi connectivity index (χ4v) is 8.87. The summed E-state index contributed by atoms with van der Waals surface area (Å²) in [4.78, 5) is 31.9. The first kappa shape index (κ1) is 38.6. The van der Waals surface area contributed by atoms with E-state index in [1.54, 1.807) is 12.4 Å². The second-order valence-corrected chi connectivity index (χ2v) is 16.3. The molecule has 1 saturated carbocycles. The van der Waals surface area contributed by atoms with E-state index in [4.69, 9.17) is 14.2 Å². The summed E-state index contributed by atoms with van der Waals surface area (Å²) in [5.41, 5.74) is 6.80. The number of hydrogen-bond donors (Lipinski definition) is 3. The summed E-state index contributed by atoms with van der Waals surface area (Å²) in [5.74, 6) is 0.535. The second-order valence-electron chi connectivity index (χ2n) is 16.3. The highest BCUT2D eigenvalue weighted by molar-refractivity contribution is 5.84. The summed E-state index contributed by atoms with van der Waals surface area (Å²) in [6.45, 7) is 2.86. The molecule has 3 aliphatic heterocycles. The first-order valence-electron chi connectivity index (χ1n) is 21.0. The van der Waals surface area contributed by atoms with E-state index < -0.39 is 24.4 Å². The van der Waals surface area contributed by atoms with Gasteiger partial charge in [-0.25, -0.2) is 9.36 Å². The monoisotopic (exact) mass is 820 g/mol. The minimum atomic E-state index is -0.846. The van der Waals surface area contributed by atoms with Crippen LogP contribution in [0.2, 0.25) is 0 Å². The van der Waals surface area contributed by atoms with Crippen LogP contribution in [-0.2, 0) is 27.4 Å². The van der Waals surface area contributed by atoms with Gasteiger partial charge in [-0.3, -0.25) is 9.59 Å². The molecule has 6 aromatic rings. The van der Waals surface area contributed by atoms with Crippen LogP contribution in [0, 0.1) is 0 Å². The summed E-state index contributed by atoms with van der Waals surface area (Å²) in [6.07, 6.45) is 7.16. The van der Waals surface area contributed by atoms with E-state index in [0.717, 1.165) is 52.3 Å². The Morgan fingerprint density at radius 2 is 1.26 bits per heavy atom. The van der Waals surface area contributed by atoms with Crippen molar-refractivity contribution in [3.8, 4) is 22.9 Å². The maximum Gasteiger partial charge on any atom is 0.263 e. The molecule has 1 saturated heterocycles. The maximum atomic E-state index is 14.0. The van der Waals surface area contributed by atoms with Crippen LogP contribution in [0.5, 0.6) is 11.5 Å². The number of benzene rings is 4. The number of aliphatic hydroxyl groups excluding tert-OH is 1. The number of aliphatic hydroxyl groups is 1. The van der Waals surface area contributed by atoms with Crippen molar-refractivity contribution in [2.24, 2.45) is 0 Å². The third-order valence-electron chi connectivity index (χ3n) is 12.2. The van der Waals surface area contributed by atoms with Gasteiger partial charge in [-0.05, 0) is 90.2 Å². The number of amides is 2. The van der Waals surface area contributed by atoms with Crippen LogP contribution >= 0.6 is 0 Å². The fourth-order valence-electron chi connectivity index (χ4n) is 8.87. The first-order chi connectivity index (χ1) is 29.9. The van der Waals surface area contributed by atoms with Crippen molar-refractivity contribution >= 4 is 23.2 Å². The minimum Gasteiger partial charge on any atom is -0.477 e. The van der Waals surface area contributed by atoms with Crippen molar-refractivity contribution < 1.29 is 28.9 Å². The second kappa shape index (κ2) is 16.8. The van der Waals surface area contributed by atoms with Gasteiger partial charge in [0, 0.05) is 43.8 Å². The van der Waals surface area contributed by atoms with Gasteiger partial charge in [-0.1, -0.05) is 48.9 Å². The lowest BCUT2D eigenvalue weighted by atomic mass is 9.78. The number of para-hydroxylation sites is 2. The van der Waals surface area contributed by atoms with Crippen molar-refractivity contribution in [3.05, 3.63) is 145 Å².